The van der Waals surface area contributed by atoms with Crippen molar-refractivity contribution < 1.29 is 14.0 Å². The Hall–Kier alpha value is -3.71. The van der Waals surface area contributed by atoms with Crippen molar-refractivity contribution in [1.29, 1.82) is 0 Å². The lowest BCUT2D eigenvalue weighted by atomic mass is 10.1. The van der Waals surface area contributed by atoms with Crippen molar-refractivity contribution in [3.05, 3.63) is 89.4 Å². The van der Waals surface area contributed by atoms with Crippen LogP contribution in [0.2, 0.25) is 0 Å². The molecule has 0 unspecified atom stereocenters. The van der Waals surface area contributed by atoms with Gasteiger partial charge in [0, 0.05) is 31.9 Å². The van der Waals surface area contributed by atoms with Crippen LogP contribution in [0.3, 0.4) is 0 Å². The molecule has 3 heterocycles. The highest BCUT2D eigenvalue weighted by molar-refractivity contribution is 5.69. The van der Waals surface area contributed by atoms with E-state index in [-0.39, 0.29) is 0 Å². The van der Waals surface area contributed by atoms with Crippen molar-refractivity contribution in [1.82, 2.24) is 15.1 Å². The third-order valence-corrected chi connectivity index (χ3v) is 4.53. The summed E-state index contributed by atoms with van der Waals surface area (Å²) in [7, 11) is 1.62. The Balaban J connectivity index is 1.39. The maximum atomic E-state index is 6.06. The van der Waals surface area contributed by atoms with Gasteiger partial charge in [0.25, 0.3) is 0 Å². The molecule has 0 spiro atoms. The first-order chi connectivity index (χ1) is 14.7. The summed E-state index contributed by atoms with van der Waals surface area (Å²) in [4.78, 5) is 8.48. The number of rotatable bonds is 8. The molecular formula is C23H22N4O3. The first kappa shape index (κ1) is 19.6. The highest BCUT2D eigenvalue weighted by atomic mass is 16.5. The molecular weight excluding hydrogens is 380 g/mol. The van der Waals surface area contributed by atoms with Gasteiger partial charge in [-0.1, -0.05) is 35.5 Å². The highest BCUT2D eigenvalue weighted by Gasteiger charge is 2.12. The topological polar surface area (TPSA) is 96.3 Å². The molecule has 152 valence electrons. The number of hydrogen-bond acceptors (Lipinski definition) is 7. The summed E-state index contributed by atoms with van der Waals surface area (Å²) in [5.41, 5.74) is 10.6. The van der Waals surface area contributed by atoms with Crippen LogP contribution >= 0.6 is 0 Å². The Labute approximate surface area is 174 Å². The second-order valence-corrected chi connectivity index (χ2v) is 6.80. The molecule has 4 aromatic rings. The van der Waals surface area contributed by atoms with Gasteiger partial charge in [0.1, 0.15) is 12.4 Å². The van der Waals surface area contributed by atoms with Crippen molar-refractivity contribution >= 4 is 5.82 Å². The molecule has 0 aliphatic rings. The van der Waals surface area contributed by atoms with E-state index in [4.69, 9.17) is 19.7 Å². The number of nitrogens with two attached hydrogens (primary N) is 1. The largest absolute Gasteiger partial charge is 0.473 e. The number of anilines is 1. The summed E-state index contributed by atoms with van der Waals surface area (Å²) in [6, 6.07) is 19.4. The highest BCUT2D eigenvalue weighted by Crippen LogP contribution is 2.26. The number of benzene rings is 1. The second-order valence-electron chi connectivity index (χ2n) is 6.80. The van der Waals surface area contributed by atoms with E-state index in [2.05, 4.69) is 27.3 Å². The van der Waals surface area contributed by atoms with Crippen LogP contribution in [0.5, 0.6) is 5.88 Å². The Bertz CT molecular complexity index is 1100. The van der Waals surface area contributed by atoms with Crippen molar-refractivity contribution in [3.8, 4) is 17.2 Å². The van der Waals surface area contributed by atoms with Crippen LogP contribution < -0.4 is 10.5 Å². The molecule has 7 nitrogen and oxygen atoms in total. The average molecular weight is 402 g/mol. The number of nitrogens with zero attached hydrogens (tertiary/aromatic N) is 3. The van der Waals surface area contributed by atoms with Crippen LogP contribution in [-0.2, 0) is 24.4 Å². The number of aromatic nitrogens is 3. The van der Waals surface area contributed by atoms with E-state index in [0.717, 1.165) is 28.1 Å². The number of hydrogen-bond donors (Lipinski definition) is 1. The van der Waals surface area contributed by atoms with Crippen LogP contribution in [0.25, 0.3) is 11.3 Å². The van der Waals surface area contributed by atoms with E-state index in [1.165, 1.54) is 0 Å². The average Bonchev–Trinajstić information content (AvgIpc) is 3.22. The predicted molar refractivity (Wildman–Crippen MR) is 113 cm³/mol. The zero-order valence-electron chi connectivity index (χ0n) is 16.6. The summed E-state index contributed by atoms with van der Waals surface area (Å²) in [5.74, 6) is 1.60. The molecule has 0 radical (unpaired) electrons. The zero-order chi connectivity index (χ0) is 20.8. The Morgan fingerprint density at radius 2 is 1.77 bits per heavy atom. The van der Waals surface area contributed by atoms with Gasteiger partial charge in [-0.25, -0.2) is 9.97 Å². The van der Waals surface area contributed by atoms with Crippen LogP contribution in [0.4, 0.5) is 5.82 Å². The molecule has 0 atom stereocenters. The molecule has 0 saturated carbocycles. The summed E-state index contributed by atoms with van der Waals surface area (Å²) in [6.45, 7) is 0.881. The number of nitrogen functional groups attached to an aromatic ring is 1. The Kier molecular flexibility index (Phi) is 6.01. The molecule has 7 heteroatoms. The zero-order valence-corrected chi connectivity index (χ0v) is 16.6. The molecule has 30 heavy (non-hydrogen) atoms. The maximum absolute atomic E-state index is 6.06. The first-order valence-electron chi connectivity index (χ1n) is 9.53. The fraction of sp³-hybridized carbons (Fsp3) is 0.174. The smallest absolute Gasteiger partial charge is 0.213 e. The van der Waals surface area contributed by atoms with Gasteiger partial charge >= 0.3 is 0 Å². The standard InChI is InChI=1S/C23H22N4O3/c1-28-15-18-9-10-20(23(24)26-18)21-13-19(27-30-21)12-16-5-7-17(8-6-16)14-29-22-4-2-3-11-25-22/h2-11,13H,12,14-15H2,1H3,(H2,24,26). The molecule has 0 aliphatic carbocycles. The lowest BCUT2D eigenvalue weighted by Gasteiger charge is -2.05. The van der Waals surface area contributed by atoms with E-state index < -0.39 is 0 Å². The molecule has 0 amide bonds. The third kappa shape index (κ3) is 4.82. The molecule has 0 bridgehead atoms. The molecule has 2 N–H and O–H groups in total. The van der Waals surface area contributed by atoms with Crippen LogP contribution in [-0.4, -0.2) is 22.2 Å². The lowest BCUT2D eigenvalue weighted by molar-refractivity contribution is 0.181. The van der Waals surface area contributed by atoms with Gasteiger partial charge < -0.3 is 19.7 Å². The van der Waals surface area contributed by atoms with Crippen molar-refractivity contribution in [2.75, 3.05) is 12.8 Å². The minimum absolute atomic E-state index is 0.393. The van der Waals surface area contributed by atoms with Gasteiger partial charge in [0.05, 0.1) is 23.6 Å². The van der Waals surface area contributed by atoms with E-state index >= 15 is 0 Å². The minimum Gasteiger partial charge on any atom is -0.473 e. The van der Waals surface area contributed by atoms with E-state index in [0.29, 0.717) is 37.1 Å². The molecule has 3 aromatic heterocycles. The number of methoxy groups -OCH3 is 1. The molecule has 1 aromatic carbocycles. The van der Waals surface area contributed by atoms with Crippen LogP contribution in [0, 0.1) is 0 Å². The summed E-state index contributed by atoms with van der Waals surface area (Å²) < 4.78 is 16.2. The van der Waals surface area contributed by atoms with Crippen LogP contribution in [0.15, 0.2) is 71.4 Å². The molecule has 0 fully saturated rings. The SMILES string of the molecule is COCc1ccc(-c2cc(Cc3ccc(COc4ccccn4)cc3)no2)c(N)n1. The Morgan fingerprint density at radius 1 is 0.933 bits per heavy atom. The third-order valence-electron chi connectivity index (χ3n) is 4.53. The van der Waals surface area contributed by atoms with E-state index in [1.54, 1.807) is 13.3 Å². The van der Waals surface area contributed by atoms with Gasteiger partial charge in [-0.2, -0.15) is 0 Å². The number of ether oxygens (including phenoxy) is 2. The minimum atomic E-state index is 0.393. The van der Waals surface area contributed by atoms with E-state index in [9.17, 15) is 0 Å². The van der Waals surface area contributed by atoms with Gasteiger partial charge in [-0.15, -0.1) is 0 Å². The summed E-state index contributed by atoms with van der Waals surface area (Å²) in [6.07, 6.45) is 2.36. The second kappa shape index (κ2) is 9.19. The summed E-state index contributed by atoms with van der Waals surface area (Å²) in [5, 5.41) is 4.17. The van der Waals surface area contributed by atoms with Crippen molar-refractivity contribution in [2.45, 2.75) is 19.6 Å². The van der Waals surface area contributed by atoms with Gasteiger partial charge in [-0.05, 0) is 29.3 Å². The number of pyridine rings is 2. The monoisotopic (exact) mass is 402 g/mol. The Morgan fingerprint density at radius 3 is 2.50 bits per heavy atom. The lowest BCUT2D eigenvalue weighted by Crippen LogP contribution is -1.99. The van der Waals surface area contributed by atoms with Crippen LogP contribution in [0.1, 0.15) is 22.5 Å². The summed E-state index contributed by atoms with van der Waals surface area (Å²) >= 11 is 0. The van der Waals surface area contributed by atoms with Gasteiger partial charge in [-0.3, -0.25) is 0 Å². The van der Waals surface area contributed by atoms with E-state index in [1.807, 2.05) is 48.5 Å². The van der Waals surface area contributed by atoms with Crippen molar-refractivity contribution in [3.63, 3.8) is 0 Å². The molecule has 0 saturated heterocycles. The van der Waals surface area contributed by atoms with Gasteiger partial charge in [0.15, 0.2) is 5.76 Å². The van der Waals surface area contributed by atoms with Gasteiger partial charge in [0.2, 0.25) is 5.88 Å². The van der Waals surface area contributed by atoms with Crippen molar-refractivity contribution in [2.24, 2.45) is 0 Å². The quantitative estimate of drug-likeness (QED) is 0.475. The maximum Gasteiger partial charge on any atom is 0.213 e. The molecule has 4 rings (SSSR count). The molecule has 0 aliphatic heterocycles. The predicted octanol–water partition coefficient (Wildman–Crippen LogP) is 4.03. The fourth-order valence-corrected chi connectivity index (χ4v) is 3.03. The normalized spacial score (nSPS) is 10.8. The first-order valence-corrected chi connectivity index (χ1v) is 9.53. The fourth-order valence-electron chi connectivity index (χ4n) is 3.03.